The number of nitrogens with zero attached hydrogens (tertiary/aromatic N) is 4. The van der Waals surface area contributed by atoms with Crippen molar-refractivity contribution in [1.29, 1.82) is 0 Å². The predicted octanol–water partition coefficient (Wildman–Crippen LogP) is 4.32. The van der Waals surface area contributed by atoms with E-state index in [2.05, 4.69) is 27.3 Å². The van der Waals surface area contributed by atoms with E-state index in [0.717, 1.165) is 60.9 Å². The quantitative estimate of drug-likeness (QED) is 0.690. The van der Waals surface area contributed by atoms with E-state index >= 15 is 0 Å². The molecule has 0 spiro atoms. The van der Waals surface area contributed by atoms with Crippen molar-refractivity contribution >= 4 is 22.5 Å². The molecule has 0 radical (unpaired) electrons. The van der Waals surface area contributed by atoms with Crippen LogP contribution in [0.5, 0.6) is 0 Å². The van der Waals surface area contributed by atoms with Gasteiger partial charge >= 0.3 is 0 Å². The van der Waals surface area contributed by atoms with Gasteiger partial charge in [0, 0.05) is 30.2 Å². The Morgan fingerprint density at radius 3 is 3.00 bits per heavy atom. The fraction of sp³-hybridized carbons (Fsp3) is 0.429. The Morgan fingerprint density at radius 2 is 2.18 bits per heavy atom. The number of hydrogen-bond acceptors (Lipinski definition) is 5. The molecule has 1 aliphatic rings. The molecule has 4 heterocycles. The molecule has 0 aromatic carbocycles. The smallest absolute Gasteiger partial charge is 0.224 e. The van der Waals surface area contributed by atoms with Crippen LogP contribution in [0.2, 0.25) is 0 Å². The number of carbonyl (C=O) groups excluding carboxylic acids is 1. The highest BCUT2D eigenvalue weighted by atomic mass is 16.5. The molecule has 7 heteroatoms. The number of rotatable bonds is 6. The lowest BCUT2D eigenvalue weighted by Gasteiger charge is -2.23. The minimum atomic E-state index is -0.0118. The highest BCUT2D eigenvalue weighted by Crippen LogP contribution is 2.28. The van der Waals surface area contributed by atoms with Crippen molar-refractivity contribution in [1.82, 2.24) is 19.7 Å². The van der Waals surface area contributed by atoms with E-state index in [1.165, 1.54) is 0 Å². The SMILES string of the molecule is CCCCC(=O)Nc1cncc(-c2cc3cnn([C@H]4CCCCO4)c3cn2)c1. The molecule has 1 N–H and O–H groups in total. The van der Waals surface area contributed by atoms with Gasteiger partial charge < -0.3 is 10.1 Å². The van der Waals surface area contributed by atoms with Gasteiger partial charge in [-0.15, -0.1) is 0 Å². The summed E-state index contributed by atoms with van der Waals surface area (Å²) in [4.78, 5) is 20.8. The maximum atomic E-state index is 12.0. The number of hydrogen-bond donors (Lipinski definition) is 1. The number of anilines is 1. The zero-order chi connectivity index (χ0) is 19.3. The fourth-order valence-electron chi connectivity index (χ4n) is 3.46. The highest BCUT2D eigenvalue weighted by molar-refractivity contribution is 5.91. The molecule has 3 aromatic rings. The van der Waals surface area contributed by atoms with Crippen molar-refractivity contribution in [3.8, 4) is 11.3 Å². The number of unbranched alkanes of at least 4 members (excludes halogenated alkanes) is 1. The summed E-state index contributed by atoms with van der Waals surface area (Å²) < 4.78 is 7.77. The van der Waals surface area contributed by atoms with Crippen LogP contribution in [0.3, 0.4) is 0 Å². The molecular formula is C21H25N5O2. The third kappa shape index (κ3) is 4.04. The first kappa shape index (κ1) is 18.6. The van der Waals surface area contributed by atoms with Crippen LogP contribution in [0, 0.1) is 0 Å². The van der Waals surface area contributed by atoms with Crippen molar-refractivity contribution in [2.24, 2.45) is 0 Å². The zero-order valence-electron chi connectivity index (χ0n) is 16.1. The van der Waals surface area contributed by atoms with E-state index < -0.39 is 0 Å². The molecule has 0 bridgehead atoms. The highest BCUT2D eigenvalue weighted by Gasteiger charge is 2.19. The second-order valence-corrected chi connectivity index (χ2v) is 7.15. The number of carbonyl (C=O) groups is 1. The molecule has 1 saturated heterocycles. The molecule has 1 atom stereocenters. The number of nitrogens with one attached hydrogen (secondary N) is 1. The maximum Gasteiger partial charge on any atom is 0.224 e. The van der Waals surface area contributed by atoms with Crippen molar-refractivity contribution in [2.45, 2.75) is 51.7 Å². The van der Waals surface area contributed by atoms with E-state index in [9.17, 15) is 4.79 Å². The zero-order valence-corrected chi connectivity index (χ0v) is 16.1. The van der Waals surface area contributed by atoms with Gasteiger partial charge in [-0.2, -0.15) is 5.10 Å². The number of fused-ring (bicyclic) bond motifs is 1. The van der Waals surface area contributed by atoms with Gasteiger partial charge in [0.25, 0.3) is 0 Å². The predicted molar refractivity (Wildman–Crippen MR) is 108 cm³/mol. The maximum absolute atomic E-state index is 12.0. The Bertz CT molecular complexity index is 962. The van der Waals surface area contributed by atoms with Crippen LogP contribution in [-0.4, -0.2) is 32.3 Å². The van der Waals surface area contributed by atoms with Crippen molar-refractivity contribution < 1.29 is 9.53 Å². The molecule has 4 rings (SSSR count). The first-order valence-electron chi connectivity index (χ1n) is 9.95. The lowest BCUT2D eigenvalue weighted by atomic mass is 10.1. The van der Waals surface area contributed by atoms with Gasteiger partial charge in [0.05, 0.1) is 35.5 Å². The Morgan fingerprint density at radius 1 is 1.25 bits per heavy atom. The first-order chi connectivity index (χ1) is 13.7. The largest absolute Gasteiger partial charge is 0.356 e. The second kappa shape index (κ2) is 8.48. The normalized spacial score (nSPS) is 17.0. The summed E-state index contributed by atoms with van der Waals surface area (Å²) in [5.41, 5.74) is 3.31. The summed E-state index contributed by atoms with van der Waals surface area (Å²) in [6.07, 6.45) is 12.7. The van der Waals surface area contributed by atoms with E-state index in [-0.39, 0.29) is 12.1 Å². The molecule has 1 amide bonds. The third-order valence-corrected chi connectivity index (χ3v) is 4.99. The molecule has 0 aliphatic carbocycles. The first-order valence-corrected chi connectivity index (χ1v) is 9.95. The van der Waals surface area contributed by atoms with E-state index in [1.54, 1.807) is 12.4 Å². The molecule has 1 aliphatic heterocycles. The molecule has 3 aromatic heterocycles. The van der Waals surface area contributed by atoms with Crippen LogP contribution in [0.1, 0.15) is 51.7 Å². The number of ether oxygens (including phenoxy) is 1. The minimum absolute atomic E-state index is 0.0118. The Labute approximate surface area is 164 Å². The summed E-state index contributed by atoms with van der Waals surface area (Å²) in [7, 11) is 0. The fourth-order valence-corrected chi connectivity index (χ4v) is 3.46. The van der Waals surface area contributed by atoms with Crippen LogP contribution in [0.15, 0.2) is 36.9 Å². The second-order valence-electron chi connectivity index (χ2n) is 7.15. The molecule has 7 nitrogen and oxygen atoms in total. The summed E-state index contributed by atoms with van der Waals surface area (Å²) >= 11 is 0. The molecule has 0 saturated carbocycles. The van der Waals surface area contributed by atoms with Gasteiger partial charge in [0.1, 0.15) is 0 Å². The summed E-state index contributed by atoms with van der Waals surface area (Å²) in [6, 6.07) is 3.90. The van der Waals surface area contributed by atoms with E-state index in [0.29, 0.717) is 12.1 Å². The molecule has 28 heavy (non-hydrogen) atoms. The Hall–Kier alpha value is -2.80. The van der Waals surface area contributed by atoms with Crippen LogP contribution < -0.4 is 5.32 Å². The van der Waals surface area contributed by atoms with Crippen molar-refractivity contribution in [3.05, 3.63) is 36.9 Å². The van der Waals surface area contributed by atoms with Crippen LogP contribution in [0.25, 0.3) is 22.2 Å². The minimum Gasteiger partial charge on any atom is -0.356 e. The lowest BCUT2D eigenvalue weighted by molar-refractivity contribution is -0.116. The Kier molecular flexibility index (Phi) is 5.62. The van der Waals surface area contributed by atoms with Gasteiger partial charge in [0.2, 0.25) is 5.91 Å². The van der Waals surface area contributed by atoms with Crippen LogP contribution in [0.4, 0.5) is 5.69 Å². The summed E-state index contributed by atoms with van der Waals surface area (Å²) in [5, 5.41) is 8.44. The molecule has 146 valence electrons. The molecule has 1 fully saturated rings. The van der Waals surface area contributed by atoms with Crippen LogP contribution >= 0.6 is 0 Å². The van der Waals surface area contributed by atoms with E-state index in [1.807, 2.05) is 29.2 Å². The third-order valence-electron chi connectivity index (χ3n) is 4.99. The summed E-state index contributed by atoms with van der Waals surface area (Å²) in [6.45, 7) is 2.85. The molecular weight excluding hydrogens is 354 g/mol. The van der Waals surface area contributed by atoms with Gasteiger partial charge in [-0.25, -0.2) is 4.68 Å². The lowest BCUT2D eigenvalue weighted by Crippen LogP contribution is -2.18. The Balaban J connectivity index is 1.56. The van der Waals surface area contributed by atoms with Gasteiger partial charge in [0.15, 0.2) is 6.23 Å². The van der Waals surface area contributed by atoms with E-state index in [4.69, 9.17) is 4.74 Å². The standard InChI is InChI=1S/C21H25N5O2/c1-2-3-6-20(27)25-17-9-15(11-22-13-17)18-10-16-12-24-26(19(16)14-23-18)21-7-4-5-8-28-21/h9-14,21H,2-8H2,1H3,(H,25,27)/t21-/m1/s1. The number of pyridine rings is 2. The summed E-state index contributed by atoms with van der Waals surface area (Å²) in [5.74, 6) is 0.0120. The van der Waals surface area contributed by atoms with Crippen LogP contribution in [-0.2, 0) is 9.53 Å². The van der Waals surface area contributed by atoms with Crippen molar-refractivity contribution in [3.63, 3.8) is 0 Å². The average Bonchev–Trinajstić information content (AvgIpc) is 3.16. The monoisotopic (exact) mass is 379 g/mol. The number of amides is 1. The average molecular weight is 379 g/mol. The van der Waals surface area contributed by atoms with Gasteiger partial charge in [-0.1, -0.05) is 13.3 Å². The molecule has 0 unspecified atom stereocenters. The van der Waals surface area contributed by atoms with Gasteiger partial charge in [-0.3, -0.25) is 14.8 Å². The van der Waals surface area contributed by atoms with Crippen molar-refractivity contribution in [2.75, 3.05) is 11.9 Å². The van der Waals surface area contributed by atoms with Gasteiger partial charge in [-0.05, 0) is 37.8 Å². The topological polar surface area (TPSA) is 81.9 Å². The number of aromatic nitrogens is 4.